The molecule has 27 heavy (non-hydrogen) atoms. The Kier molecular flexibility index (Phi) is 13.1. The van der Waals surface area contributed by atoms with Crippen molar-refractivity contribution in [2.45, 2.75) is 90.3 Å². The molecule has 6 nitrogen and oxygen atoms in total. The van der Waals surface area contributed by atoms with Gasteiger partial charge in [0.15, 0.2) is 16.6 Å². The van der Waals surface area contributed by atoms with Gasteiger partial charge in [0.1, 0.15) is 0 Å². The molecular weight excluding hydrogens is 396 g/mol. The summed E-state index contributed by atoms with van der Waals surface area (Å²) in [4.78, 5) is 0. The average Bonchev–Trinajstić information content (AvgIpc) is 2.42. The summed E-state index contributed by atoms with van der Waals surface area (Å²) in [5.41, 5.74) is 0. The Morgan fingerprint density at radius 2 is 1.00 bits per heavy atom. The maximum absolute atomic E-state index is 9.22. The van der Waals surface area contributed by atoms with Crippen molar-refractivity contribution in [2.75, 3.05) is 26.4 Å². The molecule has 0 bridgehead atoms. The number of rotatable bonds is 16. The fourth-order valence-corrected chi connectivity index (χ4v) is 17.2. The molecule has 164 valence electrons. The van der Waals surface area contributed by atoms with Crippen molar-refractivity contribution in [1.29, 1.82) is 0 Å². The van der Waals surface area contributed by atoms with E-state index < -0.39 is 37.4 Å². The van der Waals surface area contributed by atoms with Crippen molar-refractivity contribution >= 4 is 25.2 Å². The Balaban J connectivity index is 4.25. The number of hydrogen-bond acceptors (Lipinski definition) is 6. The van der Waals surface area contributed by atoms with E-state index in [0.717, 1.165) is 24.9 Å². The molecule has 0 heterocycles. The zero-order valence-electron chi connectivity index (χ0n) is 18.8. The van der Waals surface area contributed by atoms with Crippen LogP contribution in [0.4, 0.5) is 0 Å². The minimum Gasteiger partial charge on any atom is -0.437 e. The molecule has 2 atom stereocenters. The van der Waals surface area contributed by atoms with Crippen LogP contribution in [0.1, 0.15) is 26.7 Å². The summed E-state index contributed by atoms with van der Waals surface area (Å²) in [6.07, 6.45) is 1.10. The van der Waals surface area contributed by atoms with Crippen molar-refractivity contribution < 1.29 is 27.9 Å². The average molecular weight is 441 g/mol. The third kappa shape index (κ3) is 17.0. The van der Waals surface area contributed by atoms with Gasteiger partial charge >= 0.3 is 8.56 Å². The quantitative estimate of drug-likeness (QED) is 0.281. The highest BCUT2D eigenvalue weighted by Crippen LogP contribution is 2.26. The third-order valence-electron chi connectivity index (χ3n) is 3.90. The number of aliphatic hydroxyl groups excluding tert-OH is 2. The summed E-state index contributed by atoms with van der Waals surface area (Å²) in [6.45, 7) is 18.9. The van der Waals surface area contributed by atoms with Gasteiger partial charge in [-0.15, -0.1) is 0 Å². The van der Waals surface area contributed by atoms with E-state index in [4.69, 9.17) is 17.7 Å². The van der Waals surface area contributed by atoms with Gasteiger partial charge in [0.05, 0.1) is 25.4 Å². The number of aliphatic hydroxyl groups is 2. The first-order valence-electron chi connectivity index (χ1n) is 10.2. The highest BCUT2D eigenvalue weighted by Gasteiger charge is 2.39. The van der Waals surface area contributed by atoms with E-state index in [0.29, 0.717) is 26.4 Å². The number of ether oxygens (including phenoxy) is 2. The summed E-state index contributed by atoms with van der Waals surface area (Å²) >= 11 is 0. The van der Waals surface area contributed by atoms with Gasteiger partial charge in [-0.3, -0.25) is 0 Å². The summed E-state index contributed by atoms with van der Waals surface area (Å²) in [7, 11) is -5.80. The van der Waals surface area contributed by atoms with Gasteiger partial charge in [-0.25, -0.2) is 0 Å². The third-order valence-corrected chi connectivity index (χ3v) is 15.4. The molecule has 9 heteroatoms. The lowest BCUT2D eigenvalue weighted by Crippen LogP contribution is -2.52. The van der Waals surface area contributed by atoms with Crippen LogP contribution in [-0.2, 0) is 17.7 Å². The Hall–Kier alpha value is 0.411. The Labute approximate surface area is 170 Å². The Morgan fingerprint density at radius 1 is 0.667 bits per heavy atom. The largest absolute Gasteiger partial charge is 0.437 e. The van der Waals surface area contributed by atoms with Gasteiger partial charge in [-0.1, -0.05) is 0 Å². The fraction of sp³-hybridized carbons (Fsp3) is 1.00. The van der Waals surface area contributed by atoms with Crippen LogP contribution in [-0.4, -0.2) is 74.0 Å². The van der Waals surface area contributed by atoms with Crippen LogP contribution in [0.2, 0.25) is 51.4 Å². The molecule has 0 rings (SSSR count). The topological polar surface area (TPSA) is 77.4 Å². The molecule has 2 unspecified atom stereocenters. The van der Waals surface area contributed by atoms with Crippen LogP contribution in [0.5, 0.6) is 0 Å². The minimum atomic E-state index is -2.19. The lowest BCUT2D eigenvalue weighted by molar-refractivity contribution is 0.0463. The predicted octanol–water partition coefficient (Wildman–Crippen LogP) is 3.71. The second-order valence-electron chi connectivity index (χ2n) is 9.18. The van der Waals surface area contributed by atoms with Crippen molar-refractivity contribution in [3.8, 4) is 0 Å². The van der Waals surface area contributed by atoms with Crippen LogP contribution in [0.25, 0.3) is 0 Å². The molecule has 2 N–H and O–H groups in total. The molecule has 0 aliphatic carbocycles. The summed E-state index contributed by atoms with van der Waals surface area (Å²) < 4.78 is 24.0. The van der Waals surface area contributed by atoms with Crippen LogP contribution >= 0.6 is 0 Å². The highest BCUT2D eigenvalue weighted by atomic mass is 28.5. The van der Waals surface area contributed by atoms with Crippen LogP contribution < -0.4 is 0 Å². The standard InChI is InChI=1S/C18H44O6Si3/c1-17(19)15-21-11-9-13-25(3,4)23-27(7,8)24-26(5,6)14-10-12-22-16-18(2)20/h17-20H,9-16H2,1-8H3. The second kappa shape index (κ2) is 12.9. The highest BCUT2D eigenvalue weighted by molar-refractivity contribution is 6.87. The fourth-order valence-electron chi connectivity index (χ4n) is 3.16. The normalized spacial score (nSPS) is 15.8. The van der Waals surface area contributed by atoms with E-state index in [9.17, 15) is 10.2 Å². The molecule has 0 aromatic heterocycles. The minimum absolute atomic E-state index is 0.396. The molecular formula is C18H44O6Si3. The summed E-state index contributed by atoms with van der Waals surface area (Å²) in [5.74, 6) is 0. The van der Waals surface area contributed by atoms with Gasteiger partial charge in [0, 0.05) is 13.2 Å². The monoisotopic (exact) mass is 440 g/mol. The molecule has 0 radical (unpaired) electrons. The van der Waals surface area contributed by atoms with Crippen molar-refractivity contribution in [3.63, 3.8) is 0 Å². The molecule has 0 saturated heterocycles. The molecule has 0 aromatic rings. The van der Waals surface area contributed by atoms with E-state index in [1.54, 1.807) is 13.8 Å². The maximum atomic E-state index is 9.22. The zero-order valence-corrected chi connectivity index (χ0v) is 21.8. The smallest absolute Gasteiger partial charge is 0.311 e. The maximum Gasteiger partial charge on any atom is 0.311 e. The van der Waals surface area contributed by atoms with Crippen LogP contribution in [0, 0.1) is 0 Å². The lowest BCUT2D eigenvalue weighted by atomic mass is 10.4. The molecule has 0 fully saturated rings. The second-order valence-corrected chi connectivity index (χ2v) is 21.6. The van der Waals surface area contributed by atoms with Gasteiger partial charge in [-0.05, 0) is 78.1 Å². The first-order valence-corrected chi connectivity index (χ1v) is 19.2. The van der Waals surface area contributed by atoms with E-state index in [-0.39, 0.29) is 0 Å². The van der Waals surface area contributed by atoms with Gasteiger partial charge in [0.25, 0.3) is 0 Å². The zero-order chi connectivity index (χ0) is 21.1. The van der Waals surface area contributed by atoms with Crippen molar-refractivity contribution in [1.82, 2.24) is 0 Å². The molecule has 0 saturated carbocycles. The first-order chi connectivity index (χ1) is 12.2. The molecule has 0 aliphatic rings. The van der Waals surface area contributed by atoms with E-state index in [1.165, 1.54) is 0 Å². The van der Waals surface area contributed by atoms with E-state index in [1.807, 2.05) is 0 Å². The van der Waals surface area contributed by atoms with Gasteiger partial charge in [-0.2, -0.15) is 0 Å². The predicted molar refractivity (Wildman–Crippen MR) is 118 cm³/mol. The Morgan fingerprint density at radius 3 is 1.30 bits per heavy atom. The molecule has 0 aliphatic heterocycles. The molecule has 0 aromatic carbocycles. The van der Waals surface area contributed by atoms with E-state index >= 15 is 0 Å². The van der Waals surface area contributed by atoms with Crippen LogP contribution in [0.15, 0.2) is 0 Å². The van der Waals surface area contributed by atoms with Crippen molar-refractivity contribution in [2.24, 2.45) is 0 Å². The SMILES string of the molecule is CC(O)COCCC[Si](C)(C)O[Si](C)(C)O[Si](C)(C)CCCOCC(C)O. The van der Waals surface area contributed by atoms with E-state index in [2.05, 4.69) is 39.3 Å². The molecule has 0 amide bonds. The lowest BCUT2D eigenvalue weighted by Gasteiger charge is -2.38. The van der Waals surface area contributed by atoms with Gasteiger partial charge in [0.2, 0.25) is 0 Å². The summed E-state index contributed by atoms with van der Waals surface area (Å²) in [6, 6.07) is 2.06. The molecule has 0 spiro atoms. The van der Waals surface area contributed by atoms with Crippen LogP contribution in [0.3, 0.4) is 0 Å². The van der Waals surface area contributed by atoms with Crippen molar-refractivity contribution in [3.05, 3.63) is 0 Å². The summed E-state index contributed by atoms with van der Waals surface area (Å²) in [5, 5.41) is 18.4. The number of hydrogen-bond donors (Lipinski definition) is 2. The van der Waals surface area contributed by atoms with Gasteiger partial charge < -0.3 is 27.9 Å². The Bertz CT molecular complexity index is 355. The first kappa shape index (κ1) is 27.4.